The van der Waals surface area contributed by atoms with Crippen LogP contribution < -0.4 is 0 Å². The van der Waals surface area contributed by atoms with Gasteiger partial charge in [0.05, 0.1) is 5.75 Å². The second-order valence-corrected chi connectivity index (χ2v) is 7.33. The third kappa shape index (κ3) is 5.22. The van der Waals surface area contributed by atoms with E-state index in [0.29, 0.717) is 12.8 Å². The maximum atomic E-state index is 12.2. The lowest BCUT2D eigenvalue weighted by Crippen LogP contribution is -2.38. The molecule has 0 unspecified atom stereocenters. The topological polar surface area (TPSA) is 74.7 Å². The molecule has 0 aliphatic rings. The van der Waals surface area contributed by atoms with Crippen LogP contribution in [-0.2, 0) is 21.2 Å². The number of rotatable bonds is 8. The fourth-order valence-corrected chi connectivity index (χ4v) is 3.77. The number of carbonyl (C=O) groups is 1. The molecular formula is C13H18BrNO4S. The molecule has 7 heteroatoms. The summed E-state index contributed by atoms with van der Waals surface area (Å²) in [5, 5.41) is 8.79. The van der Waals surface area contributed by atoms with E-state index in [9.17, 15) is 13.2 Å². The molecular weight excluding hydrogens is 346 g/mol. The molecule has 5 nitrogen and oxygen atoms in total. The second-order valence-electron chi connectivity index (χ2n) is 4.38. The van der Waals surface area contributed by atoms with Crippen molar-refractivity contribution in [2.45, 2.75) is 19.8 Å². The SMILES string of the molecule is CCCN(CC(=O)O)S(=O)(=O)CCc1ccccc1Br. The molecule has 0 aliphatic carbocycles. The van der Waals surface area contributed by atoms with Gasteiger partial charge in [0.15, 0.2) is 0 Å². The van der Waals surface area contributed by atoms with E-state index >= 15 is 0 Å². The summed E-state index contributed by atoms with van der Waals surface area (Å²) in [6.45, 7) is 1.56. The Morgan fingerprint density at radius 1 is 1.35 bits per heavy atom. The Hall–Kier alpha value is -0.920. The first kappa shape index (κ1) is 17.1. The molecule has 1 aromatic carbocycles. The van der Waals surface area contributed by atoms with Crippen LogP contribution in [0.1, 0.15) is 18.9 Å². The van der Waals surface area contributed by atoms with Gasteiger partial charge in [-0.1, -0.05) is 41.1 Å². The van der Waals surface area contributed by atoms with Gasteiger partial charge in [0, 0.05) is 11.0 Å². The van der Waals surface area contributed by atoms with Gasteiger partial charge >= 0.3 is 5.97 Å². The first-order valence-corrected chi connectivity index (χ1v) is 8.70. The van der Waals surface area contributed by atoms with E-state index < -0.39 is 22.5 Å². The number of nitrogens with zero attached hydrogens (tertiary/aromatic N) is 1. The molecule has 0 aliphatic heterocycles. The highest BCUT2D eigenvalue weighted by atomic mass is 79.9. The fraction of sp³-hybridized carbons (Fsp3) is 0.462. The molecule has 0 bridgehead atoms. The van der Waals surface area contributed by atoms with Crippen molar-refractivity contribution >= 4 is 31.9 Å². The molecule has 0 saturated heterocycles. The van der Waals surface area contributed by atoms with Gasteiger partial charge in [-0.15, -0.1) is 0 Å². The molecule has 0 spiro atoms. The first-order chi connectivity index (χ1) is 9.36. The molecule has 20 heavy (non-hydrogen) atoms. The first-order valence-electron chi connectivity index (χ1n) is 6.30. The normalized spacial score (nSPS) is 11.8. The monoisotopic (exact) mass is 363 g/mol. The Kier molecular flexibility index (Phi) is 6.64. The number of sulfonamides is 1. The molecule has 0 saturated carbocycles. The van der Waals surface area contributed by atoms with Crippen LogP contribution in [0, 0.1) is 0 Å². The van der Waals surface area contributed by atoms with E-state index in [0.717, 1.165) is 14.3 Å². The van der Waals surface area contributed by atoms with Gasteiger partial charge in [-0.2, -0.15) is 4.31 Å². The van der Waals surface area contributed by atoms with Gasteiger partial charge in [0.2, 0.25) is 10.0 Å². The lowest BCUT2D eigenvalue weighted by atomic mass is 10.2. The average molecular weight is 364 g/mol. The van der Waals surface area contributed by atoms with E-state index in [1.54, 1.807) is 0 Å². The van der Waals surface area contributed by atoms with Crippen molar-refractivity contribution in [3.63, 3.8) is 0 Å². The number of hydrogen-bond donors (Lipinski definition) is 1. The van der Waals surface area contributed by atoms with Crippen LogP contribution in [0.4, 0.5) is 0 Å². The predicted molar refractivity (Wildman–Crippen MR) is 81.1 cm³/mol. The van der Waals surface area contributed by atoms with Crippen molar-refractivity contribution in [2.24, 2.45) is 0 Å². The van der Waals surface area contributed by atoms with E-state index in [1.165, 1.54) is 0 Å². The van der Waals surface area contributed by atoms with Gasteiger partial charge in [-0.05, 0) is 24.5 Å². The molecule has 1 aromatic rings. The standard InChI is InChI=1S/C13H18BrNO4S/c1-2-8-15(10-13(16)17)20(18,19)9-7-11-5-3-4-6-12(11)14/h3-6H,2,7-10H2,1H3,(H,16,17). The highest BCUT2D eigenvalue weighted by molar-refractivity contribution is 9.10. The highest BCUT2D eigenvalue weighted by Crippen LogP contribution is 2.17. The lowest BCUT2D eigenvalue weighted by Gasteiger charge is -2.19. The summed E-state index contributed by atoms with van der Waals surface area (Å²) in [7, 11) is -3.56. The third-order valence-corrected chi connectivity index (χ3v) is 5.36. The van der Waals surface area contributed by atoms with Crippen LogP contribution in [0.25, 0.3) is 0 Å². The van der Waals surface area contributed by atoms with Gasteiger partial charge in [-0.25, -0.2) is 8.42 Å². The minimum atomic E-state index is -3.56. The number of carboxylic acid groups (broad SMARTS) is 1. The van der Waals surface area contributed by atoms with Crippen LogP contribution in [0.3, 0.4) is 0 Å². The number of hydrogen-bond acceptors (Lipinski definition) is 3. The van der Waals surface area contributed by atoms with Crippen molar-refractivity contribution in [3.8, 4) is 0 Å². The van der Waals surface area contributed by atoms with Gasteiger partial charge in [-0.3, -0.25) is 4.79 Å². The Balaban J connectivity index is 2.77. The van der Waals surface area contributed by atoms with E-state index in [2.05, 4.69) is 15.9 Å². The number of aryl methyl sites for hydroxylation is 1. The number of halogens is 1. The van der Waals surface area contributed by atoms with Gasteiger partial charge in [0.25, 0.3) is 0 Å². The lowest BCUT2D eigenvalue weighted by molar-refractivity contribution is -0.137. The van der Waals surface area contributed by atoms with Crippen molar-refractivity contribution in [3.05, 3.63) is 34.3 Å². The molecule has 1 rings (SSSR count). The Bertz CT molecular complexity index is 559. The summed E-state index contributed by atoms with van der Waals surface area (Å²) in [4.78, 5) is 10.7. The summed E-state index contributed by atoms with van der Waals surface area (Å²) in [5.74, 6) is -1.23. The molecule has 112 valence electrons. The zero-order valence-electron chi connectivity index (χ0n) is 11.3. The molecule has 0 atom stereocenters. The summed E-state index contributed by atoms with van der Waals surface area (Å²) in [6, 6.07) is 7.40. The zero-order chi connectivity index (χ0) is 15.2. The largest absolute Gasteiger partial charge is 0.480 e. The molecule has 1 N–H and O–H groups in total. The minimum Gasteiger partial charge on any atom is -0.480 e. The molecule has 0 amide bonds. The highest BCUT2D eigenvalue weighted by Gasteiger charge is 2.23. The summed E-state index contributed by atoms with van der Waals surface area (Å²) >= 11 is 3.37. The summed E-state index contributed by atoms with van der Waals surface area (Å²) < 4.78 is 26.3. The molecule has 0 heterocycles. The maximum Gasteiger partial charge on any atom is 0.318 e. The van der Waals surface area contributed by atoms with Gasteiger partial charge < -0.3 is 5.11 Å². The van der Waals surface area contributed by atoms with E-state index in [4.69, 9.17) is 5.11 Å². The zero-order valence-corrected chi connectivity index (χ0v) is 13.7. The molecule has 0 fully saturated rings. The van der Waals surface area contributed by atoms with Crippen molar-refractivity contribution in [2.75, 3.05) is 18.8 Å². The number of benzene rings is 1. The van der Waals surface area contributed by atoms with Crippen LogP contribution in [0.15, 0.2) is 28.7 Å². The molecule has 0 radical (unpaired) electrons. The summed E-state index contributed by atoms with van der Waals surface area (Å²) in [6.07, 6.45) is 0.936. The maximum absolute atomic E-state index is 12.2. The van der Waals surface area contributed by atoms with Crippen LogP contribution in [-0.4, -0.2) is 42.6 Å². The smallest absolute Gasteiger partial charge is 0.318 e. The summed E-state index contributed by atoms with van der Waals surface area (Å²) in [5.41, 5.74) is 0.892. The van der Waals surface area contributed by atoms with Crippen molar-refractivity contribution in [1.29, 1.82) is 0 Å². The Morgan fingerprint density at radius 3 is 2.55 bits per heavy atom. The van der Waals surface area contributed by atoms with E-state index in [1.807, 2.05) is 31.2 Å². The van der Waals surface area contributed by atoms with Crippen LogP contribution in [0.2, 0.25) is 0 Å². The van der Waals surface area contributed by atoms with Crippen LogP contribution in [0.5, 0.6) is 0 Å². The average Bonchev–Trinajstić information content (AvgIpc) is 2.37. The van der Waals surface area contributed by atoms with Crippen molar-refractivity contribution in [1.82, 2.24) is 4.31 Å². The number of carboxylic acids is 1. The minimum absolute atomic E-state index is 0.0944. The molecule has 0 aromatic heterocycles. The fourth-order valence-electron chi connectivity index (χ4n) is 1.79. The third-order valence-electron chi connectivity index (χ3n) is 2.77. The predicted octanol–water partition coefficient (Wildman–Crippen LogP) is 2.12. The Labute approximate surface area is 127 Å². The Morgan fingerprint density at radius 2 is 2.00 bits per heavy atom. The quantitative estimate of drug-likeness (QED) is 0.767. The van der Waals surface area contributed by atoms with Crippen LogP contribution >= 0.6 is 15.9 Å². The van der Waals surface area contributed by atoms with Crippen molar-refractivity contribution < 1.29 is 18.3 Å². The van der Waals surface area contributed by atoms with E-state index in [-0.39, 0.29) is 12.3 Å². The number of aliphatic carboxylic acids is 1. The second kappa shape index (κ2) is 7.75. The van der Waals surface area contributed by atoms with Gasteiger partial charge in [0.1, 0.15) is 6.54 Å².